The van der Waals surface area contributed by atoms with Gasteiger partial charge in [0.15, 0.2) is 0 Å². The van der Waals surface area contributed by atoms with Crippen molar-refractivity contribution in [3.63, 3.8) is 0 Å². The summed E-state index contributed by atoms with van der Waals surface area (Å²) in [6, 6.07) is 13.6. The molecule has 0 aliphatic carbocycles. The Labute approximate surface area is 172 Å². The van der Waals surface area contributed by atoms with Crippen LogP contribution >= 0.6 is 11.6 Å². The van der Waals surface area contributed by atoms with E-state index in [9.17, 15) is 13.2 Å². The van der Waals surface area contributed by atoms with E-state index in [0.29, 0.717) is 18.1 Å². The molecule has 2 rings (SSSR count). The lowest BCUT2D eigenvalue weighted by molar-refractivity contribution is -0.117. The van der Waals surface area contributed by atoms with Gasteiger partial charge in [-0.05, 0) is 42.3 Å². The molecule has 1 N–H and O–H groups in total. The van der Waals surface area contributed by atoms with E-state index in [4.69, 9.17) is 11.6 Å². The van der Waals surface area contributed by atoms with E-state index in [1.54, 1.807) is 36.4 Å². The molecule has 28 heavy (non-hydrogen) atoms. The summed E-state index contributed by atoms with van der Waals surface area (Å²) in [5.41, 5.74) is 1.58. The Kier molecular flexibility index (Phi) is 7.80. The first-order chi connectivity index (χ1) is 13.3. The van der Waals surface area contributed by atoms with E-state index in [1.807, 2.05) is 39.0 Å². The Balaban J connectivity index is 2.06. The van der Waals surface area contributed by atoms with Crippen molar-refractivity contribution in [1.29, 1.82) is 0 Å². The number of sulfonamides is 1. The fraction of sp³-hybridized carbons (Fsp3) is 0.286. The Bertz CT molecular complexity index is 936. The van der Waals surface area contributed by atoms with Crippen LogP contribution < -0.4 is 5.32 Å². The van der Waals surface area contributed by atoms with Crippen LogP contribution in [0.25, 0.3) is 6.08 Å². The van der Waals surface area contributed by atoms with E-state index < -0.39 is 10.0 Å². The smallest absolute Gasteiger partial charge is 0.244 e. The molecule has 0 aliphatic heterocycles. The molecule has 0 spiro atoms. The Hall–Kier alpha value is -2.15. The molecule has 5 nitrogen and oxygen atoms in total. The van der Waals surface area contributed by atoms with E-state index >= 15 is 0 Å². The minimum absolute atomic E-state index is 0.247. The SMILES string of the molecule is CCN(CC)S(=O)(=O)c1ccc([C@H](C)NC(=O)/C=C/c2ccccc2Cl)cc1. The zero-order valence-electron chi connectivity index (χ0n) is 16.2. The Morgan fingerprint density at radius 2 is 1.71 bits per heavy atom. The zero-order chi connectivity index (χ0) is 20.7. The molecule has 0 fully saturated rings. The maximum absolute atomic E-state index is 12.5. The maximum atomic E-state index is 12.5. The van der Waals surface area contributed by atoms with Gasteiger partial charge in [-0.15, -0.1) is 0 Å². The van der Waals surface area contributed by atoms with Crippen molar-refractivity contribution in [3.05, 3.63) is 70.8 Å². The lowest BCUT2D eigenvalue weighted by Crippen LogP contribution is -2.30. The lowest BCUT2D eigenvalue weighted by atomic mass is 10.1. The van der Waals surface area contributed by atoms with Crippen molar-refractivity contribution in [1.82, 2.24) is 9.62 Å². The fourth-order valence-corrected chi connectivity index (χ4v) is 4.42. The predicted molar refractivity (Wildman–Crippen MR) is 114 cm³/mol. The third kappa shape index (κ3) is 5.44. The Morgan fingerprint density at radius 3 is 2.29 bits per heavy atom. The molecule has 0 saturated carbocycles. The summed E-state index contributed by atoms with van der Waals surface area (Å²) in [7, 11) is -3.49. The van der Waals surface area contributed by atoms with Crippen molar-refractivity contribution >= 4 is 33.6 Å². The van der Waals surface area contributed by atoms with Crippen LogP contribution in [0.4, 0.5) is 0 Å². The molecule has 1 atom stereocenters. The van der Waals surface area contributed by atoms with Gasteiger partial charge >= 0.3 is 0 Å². The lowest BCUT2D eigenvalue weighted by Gasteiger charge is -2.19. The first kappa shape index (κ1) is 22.1. The predicted octanol–water partition coefficient (Wildman–Crippen LogP) is 4.26. The largest absolute Gasteiger partial charge is 0.346 e. The molecule has 1 amide bonds. The molecule has 2 aromatic carbocycles. The number of halogens is 1. The van der Waals surface area contributed by atoms with Gasteiger partial charge in [-0.3, -0.25) is 4.79 Å². The number of hydrogen-bond donors (Lipinski definition) is 1. The molecule has 7 heteroatoms. The third-order valence-corrected chi connectivity index (χ3v) is 6.81. The van der Waals surface area contributed by atoms with Crippen LogP contribution in [0.5, 0.6) is 0 Å². The third-order valence-electron chi connectivity index (χ3n) is 4.40. The molecule has 0 bridgehead atoms. The number of nitrogens with one attached hydrogen (secondary N) is 1. The van der Waals surface area contributed by atoms with Crippen LogP contribution in [0.1, 0.15) is 37.9 Å². The van der Waals surface area contributed by atoms with Crippen LogP contribution in [-0.4, -0.2) is 31.7 Å². The summed E-state index contributed by atoms with van der Waals surface area (Å²) >= 11 is 6.07. The van der Waals surface area contributed by atoms with Gasteiger partial charge in [-0.1, -0.05) is 55.8 Å². The molecular weight excluding hydrogens is 396 g/mol. The molecule has 0 radical (unpaired) electrons. The molecule has 150 valence electrons. The zero-order valence-corrected chi connectivity index (χ0v) is 17.8. The van der Waals surface area contributed by atoms with Crippen LogP contribution in [0, 0.1) is 0 Å². The highest BCUT2D eigenvalue weighted by atomic mass is 35.5. The summed E-state index contributed by atoms with van der Waals surface area (Å²) in [6.07, 6.45) is 3.08. The average molecular weight is 421 g/mol. The monoisotopic (exact) mass is 420 g/mol. The quantitative estimate of drug-likeness (QED) is 0.649. The summed E-state index contributed by atoms with van der Waals surface area (Å²) in [5.74, 6) is -0.257. The first-order valence-corrected chi connectivity index (χ1v) is 10.9. The summed E-state index contributed by atoms with van der Waals surface area (Å²) < 4.78 is 26.5. The molecule has 0 unspecified atom stereocenters. The number of carbonyl (C=O) groups is 1. The summed E-state index contributed by atoms with van der Waals surface area (Å²) in [5, 5.41) is 3.43. The average Bonchev–Trinajstić information content (AvgIpc) is 2.68. The van der Waals surface area contributed by atoms with Crippen LogP contribution in [0.2, 0.25) is 5.02 Å². The number of rotatable bonds is 8. The topological polar surface area (TPSA) is 66.5 Å². The van der Waals surface area contributed by atoms with E-state index in [0.717, 1.165) is 11.1 Å². The number of hydrogen-bond acceptors (Lipinski definition) is 3. The molecular formula is C21H25ClN2O3S. The number of amides is 1. The van der Waals surface area contributed by atoms with Gasteiger partial charge in [0, 0.05) is 24.2 Å². The molecule has 0 aliphatic rings. The molecule has 0 aromatic heterocycles. The van der Waals surface area contributed by atoms with Gasteiger partial charge in [0.05, 0.1) is 10.9 Å². The second kappa shape index (κ2) is 9.87. The normalized spacial score (nSPS) is 13.0. The standard InChI is InChI=1S/C21H25ClN2O3S/c1-4-24(5-2)28(26,27)19-13-10-17(11-14-19)16(3)23-21(25)15-12-18-8-6-7-9-20(18)22/h6-16H,4-5H2,1-3H3,(H,23,25)/b15-12+/t16-/m0/s1. The van der Waals surface area contributed by atoms with Crippen LogP contribution in [0.15, 0.2) is 59.5 Å². The van der Waals surface area contributed by atoms with Gasteiger partial charge in [-0.25, -0.2) is 8.42 Å². The first-order valence-electron chi connectivity index (χ1n) is 9.12. The highest BCUT2D eigenvalue weighted by Crippen LogP contribution is 2.20. The minimum Gasteiger partial charge on any atom is -0.346 e. The van der Waals surface area contributed by atoms with Gasteiger partial charge < -0.3 is 5.32 Å². The van der Waals surface area contributed by atoms with Gasteiger partial charge in [0.1, 0.15) is 0 Å². The highest BCUT2D eigenvalue weighted by Gasteiger charge is 2.21. The fourth-order valence-electron chi connectivity index (χ4n) is 2.76. The summed E-state index contributed by atoms with van der Waals surface area (Å²) in [6.45, 7) is 6.30. The van der Waals surface area contributed by atoms with Crippen molar-refractivity contribution in [2.45, 2.75) is 31.7 Å². The number of carbonyl (C=O) groups excluding carboxylic acids is 1. The maximum Gasteiger partial charge on any atom is 0.244 e. The van der Waals surface area contributed by atoms with E-state index in [1.165, 1.54) is 10.4 Å². The highest BCUT2D eigenvalue weighted by molar-refractivity contribution is 7.89. The van der Waals surface area contributed by atoms with Crippen molar-refractivity contribution < 1.29 is 13.2 Å². The second-order valence-electron chi connectivity index (χ2n) is 6.24. The Morgan fingerprint density at radius 1 is 1.11 bits per heavy atom. The molecule has 0 heterocycles. The van der Waals surface area contributed by atoms with Crippen LogP contribution in [-0.2, 0) is 14.8 Å². The summed E-state index contributed by atoms with van der Waals surface area (Å²) in [4.78, 5) is 12.4. The van der Waals surface area contributed by atoms with Gasteiger partial charge in [-0.2, -0.15) is 4.31 Å². The minimum atomic E-state index is -3.49. The van der Waals surface area contributed by atoms with Crippen molar-refractivity contribution in [2.24, 2.45) is 0 Å². The number of benzene rings is 2. The van der Waals surface area contributed by atoms with Gasteiger partial charge in [0.25, 0.3) is 0 Å². The van der Waals surface area contributed by atoms with Crippen LogP contribution in [0.3, 0.4) is 0 Å². The van der Waals surface area contributed by atoms with E-state index in [2.05, 4.69) is 5.32 Å². The second-order valence-corrected chi connectivity index (χ2v) is 8.59. The molecule has 0 saturated heterocycles. The van der Waals surface area contributed by atoms with Crippen molar-refractivity contribution in [3.8, 4) is 0 Å². The van der Waals surface area contributed by atoms with E-state index in [-0.39, 0.29) is 16.8 Å². The number of nitrogens with zero attached hydrogens (tertiary/aromatic N) is 1. The van der Waals surface area contributed by atoms with Crippen molar-refractivity contribution in [2.75, 3.05) is 13.1 Å². The van der Waals surface area contributed by atoms with Gasteiger partial charge in [0.2, 0.25) is 15.9 Å². The molecule has 2 aromatic rings.